The third kappa shape index (κ3) is 1.37. The van der Waals surface area contributed by atoms with Crippen LogP contribution in [0, 0.1) is 24.0 Å². The first-order chi connectivity index (χ1) is 7.46. The van der Waals surface area contributed by atoms with Crippen molar-refractivity contribution in [3.05, 3.63) is 41.2 Å². The predicted octanol–water partition coefficient (Wildman–Crippen LogP) is 2.08. The second-order valence-electron chi connectivity index (χ2n) is 3.61. The fraction of sp³-hybridized carbons (Fsp3) is 0.167. The number of hydrogen-bond donors (Lipinski definition) is 1. The van der Waals surface area contributed by atoms with Gasteiger partial charge in [0.15, 0.2) is 11.6 Å². The maximum Gasteiger partial charge on any atom is 0.169 e. The van der Waals surface area contributed by atoms with Gasteiger partial charge in [-0.05, 0) is 13.0 Å². The van der Waals surface area contributed by atoms with E-state index in [-0.39, 0.29) is 17.1 Å². The lowest BCUT2D eigenvalue weighted by Gasteiger charge is -2.15. The highest BCUT2D eigenvalue weighted by Crippen LogP contribution is 2.45. The van der Waals surface area contributed by atoms with Gasteiger partial charge in [-0.15, -0.1) is 6.42 Å². The van der Waals surface area contributed by atoms with Crippen LogP contribution in [0.3, 0.4) is 0 Å². The van der Waals surface area contributed by atoms with Crippen LogP contribution in [0.25, 0.3) is 0 Å². The Morgan fingerprint density at radius 1 is 1.50 bits per heavy atom. The van der Waals surface area contributed by atoms with Gasteiger partial charge in [-0.25, -0.2) is 8.78 Å². The number of fused-ring (bicyclic) bond motifs is 1. The molecule has 0 aliphatic carbocycles. The van der Waals surface area contributed by atoms with E-state index in [1.54, 1.807) is 0 Å². The third-order valence-electron chi connectivity index (χ3n) is 2.44. The lowest BCUT2D eigenvalue weighted by molar-refractivity contribution is 0.0797. The molecule has 0 fully saturated rings. The molecule has 1 aliphatic rings. The van der Waals surface area contributed by atoms with Gasteiger partial charge in [0, 0.05) is 17.7 Å². The monoisotopic (exact) mass is 222 g/mol. The summed E-state index contributed by atoms with van der Waals surface area (Å²) in [6, 6.07) is 1.71. The number of allylic oxidation sites excluding steroid dienone is 1. The van der Waals surface area contributed by atoms with Crippen LogP contribution in [0.2, 0.25) is 0 Å². The van der Waals surface area contributed by atoms with Crippen molar-refractivity contribution in [2.75, 3.05) is 0 Å². The Balaban J connectivity index is 2.67. The quantitative estimate of drug-likeness (QED) is 0.681. The highest BCUT2D eigenvalue weighted by molar-refractivity contribution is 5.50. The smallest absolute Gasteiger partial charge is 0.169 e. The van der Waals surface area contributed by atoms with E-state index < -0.39 is 17.2 Å². The average Bonchev–Trinajstić information content (AvgIpc) is 2.42. The summed E-state index contributed by atoms with van der Waals surface area (Å²) in [7, 11) is 0. The molecule has 1 atom stereocenters. The predicted molar refractivity (Wildman–Crippen MR) is 53.5 cm³/mol. The molecule has 1 aromatic rings. The van der Waals surface area contributed by atoms with Crippen molar-refractivity contribution in [3.63, 3.8) is 0 Å². The molecule has 4 heteroatoms. The summed E-state index contributed by atoms with van der Waals surface area (Å²) < 4.78 is 31.4. The third-order valence-corrected chi connectivity index (χ3v) is 2.44. The molecular weight excluding hydrogens is 214 g/mol. The van der Waals surface area contributed by atoms with Crippen LogP contribution in [0.15, 0.2) is 24.0 Å². The molecule has 2 rings (SSSR count). The molecule has 0 bridgehead atoms. The molecule has 0 aromatic heterocycles. The molecule has 0 radical (unpaired) electrons. The number of benzene rings is 1. The van der Waals surface area contributed by atoms with Crippen LogP contribution in [0.4, 0.5) is 8.78 Å². The molecule has 1 N–H and O–H groups in total. The van der Waals surface area contributed by atoms with E-state index >= 15 is 0 Å². The van der Waals surface area contributed by atoms with Gasteiger partial charge < -0.3 is 9.84 Å². The Kier molecular flexibility index (Phi) is 2.21. The van der Waals surface area contributed by atoms with Crippen LogP contribution >= 0.6 is 0 Å². The molecule has 1 aliphatic heterocycles. The van der Waals surface area contributed by atoms with Gasteiger partial charge in [0.25, 0.3) is 0 Å². The van der Waals surface area contributed by atoms with E-state index in [4.69, 9.17) is 11.2 Å². The zero-order chi connectivity index (χ0) is 11.9. The standard InChI is InChI=1S/C12H8F2O2/c1-3-4-10-12(2,15)8-5-7(13)6-9(14)11(8)16-10/h1,4-6,15H,2H3/b10-4-. The summed E-state index contributed by atoms with van der Waals surface area (Å²) in [6.45, 7) is 1.36. The van der Waals surface area contributed by atoms with Gasteiger partial charge >= 0.3 is 0 Å². The van der Waals surface area contributed by atoms with Crippen molar-refractivity contribution in [3.8, 4) is 18.1 Å². The maximum atomic E-state index is 13.4. The van der Waals surface area contributed by atoms with E-state index in [0.29, 0.717) is 6.07 Å². The van der Waals surface area contributed by atoms with Crippen LogP contribution in [-0.2, 0) is 5.60 Å². The molecule has 0 saturated carbocycles. The summed E-state index contributed by atoms with van der Waals surface area (Å²) in [4.78, 5) is 0. The molecule has 16 heavy (non-hydrogen) atoms. The van der Waals surface area contributed by atoms with Crippen LogP contribution in [0.5, 0.6) is 5.75 Å². The minimum Gasteiger partial charge on any atom is -0.454 e. The van der Waals surface area contributed by atoms with Crippen molar-refractivity contribution >= 4 is 0 Å². The van der Waals surface area contributed by atoms with Gasteiger partial charge in [-0.2, -0.15) is 0 Å². The summed E-state index contributed by atoms with van der Waals surface area (Å²) in [5.74, 6) is 0.352. The molecule has 2 nitrogen and oxygen atoms in total. The van der Waals surface area contributed by atoms with Crippen LogP contribution in [-0.4, -0.2) is 5.11 Å². The van der Waals surface area contributed by atoms with Crippen molar-refractivity contribution in [1.29, 1.82) is 0 Å². The second-order valence-corrected chi connectivity index (χ2v) is 3.61. The Morgan fingerprint density at radius 2 is 2.19 bits per heavy atom. The Hall–Kier alpha value is -1.86. The van der Waals surface area contributed by atoms with Crippen molar-refractivity contribution < 1.29 is 18.6 Å². The number of rotatable bonds is 0. The van der Waals surface area contributed by atoms with Crippen molar-refractivity contribution in [2.45, 2.75) is 12.5 Å². The molecule has 0 saturated heterocycles. The zero-order valence-electron chi connectivity index (χ0n) is 8.42. The van der Waals surface area contributed by atoms with Gasteiger partial charge in [-0.1, -0.05) is 5.92 Å². The van der Waals surface area contributed by atoms with Crippen LogP contribution < -0.4 is 4.74 Å². The minimum absolute atomic E-state index is 0.00880. The Bertz CT molecular complexity index is 525. The largest absolute Gasteiger partial charge is 0.454 e. The highest BCUT2D eigenvalue weighted by Gasteiger charge is 2.41. The van der Waals surface area contributed by atoms with Gasteiger partial charge in [0.1, 0.15) is 17.2 Å². The SMILES string of the molecule is C#C/C=C1\Oc2c(F)cc(F)cc2C1(C)O. The van der Waals surface area contributed by atoms with Gasteiger partial charge in [0.05, 0.1) is 0 Å². The fourth-order valence-corrected chi connectivity index (χ4v) is 1.61. The number of aliphatic hydroxyl groups is 1. The molecular formula is C12H8F2O2. The first kappa shape index (κ1) is 10.7. The van der Waals surface area contributed by atoms with E-state index in [0.717, 1.165) is 6.07 Å². The second kappa shape index (κ2) is 3.32. The first-order valence-electron chi connectivity index (χ1n) is 4.53. The maximum absolute atomic E-state index is 13.4. The fourth-order valence-electron chi connectivity index (χ4n) is 1.61. The lowest BCUT2D eigenvalue weighted by atomic mass is 9.95. The Morgan fingerprint density at radius 3 is 2.81 bits per heavy atom. The molecule has 1 unspecified atom stereocenters. The lowest BCUT2D eigenvalue weighted by Crippen LogP contribution is -2.20. The molecule has 0 spiro atoms. The Labute approximate surface area is 91.2 Å². The highest BCUT2D eigenvalue weighted by atomic mass is 19.1. The average molecular weight is 222 g/mol. The number of halogens is 2. The normalized spacial score (nSPS) is 25.1. The molecule has 1 heterocycles. The van der Waals surface area contributed by atoms with E-state index in [9.17, 15) is 13.9 Å². The van der Waals surface area contributed by atoms with Crippen molar-refractivity contribution in [1.82, 2.24) is 0 Å². The summed E-state index contributed by atoms with van der Waals surface area (Å²) >= 11 is 0. The van der Waals surface area contributed by atoms with E-state index in [1.807, 2.05) is 0 Å². The summed E-state index contributed by atoms with van der Waals surface area (Å²) in [5.41, 5.74) is -1.57. The van der Waals surface area contributed by atoms with E-state index in [2.05, 4.69) is 5.92 Å². The van der Waals surface area contributed by atoms with Gasteiger partial charge in [0.2, 0.25) is 0 Å². The number of terminal acetylenes is 1. The minimum atomic E-state index is -1.61. The molecule has 0 amide bonds. The molecule has 82 valence electrons. The number of hydrogen-bond acceptors (Lipinski definition) is 2. The molecule has 1 aromatic carbocycles. The van der Waals surface area contributed by atoms with Gasteiger partial charge in [-0.3, -0.25) is 0 Å². The number of ether oxygens (including phenoxy) is 1. The first-order valence-corrected chi connectivity index (χ1v) is 4.53. The summed E-state index contributed by atoms with van der Waals surface area (Å²) in [5, 5.41) is 10.1. The van der Waals surface area contributed by atoms with E-state index in [1.165, 1.54) is 13.0 Å². The van der Waals surface area contributed by atoms with Crippen LogP contribution in [0.1, 0.15) is 12.5 Å². The topological polar surface area (TPSA) is 29.5 Å². The summed E-state index contributed by atoms with van der Waals surface area (Å²) in [6.07, 6.45) is 6.22. The van der Waals surface area contributed by atoms with Crippen molar-refractivity contribution in [2.24, 2.45) is 0 Å². The zero-order valence-corrected chi connectivity index (χ0v) is 8.42.